The molecule has 0 atom stereocenters. The van der Waals surface area contributed by atoms with Crippen LogP contribution < -0.4 is 0 Å². The number of benzene rings is 1. The highest BCUT2D eigenvalue weighted by atomic mass is 32.1. The molecule has 90 valence electrons. The van der Waals surface area contributed by atoms with Crippen LogP contribution in [0.1, 0.15) is 16.7 Å². The standard InChI is InChI=1S/C12H9N3S3/c16-7-13-4-10-1-11(5-14-8-17)3-12(2-10)6-15-9-18/h1-3H,4-6H2. The first-order valence-electron chi connectivity index (χ1n) is 5.02. The number of isothiocyanates is 3. The normalized spacial score (nSPS) is 8.67. The molecule has 0 spiro atoms. The molecule has 6 heteroatoms. The van der Waals surface area contributed by atoms with Gasteiger partial charge in [-0.3, -0.25) is 0 Å². The lowest BCUT2D eigenvalue weighted by atomic mass is 10.1. The fraction of sp³-hybridized carbons (Fsp3) is 0.250. The summed E-state index contributed by atoms with van der Waals surface area (Å²) in [5.74, 6) is 0. The highest BCUT2D eigenvalue weighted by Gasteiger charge is 2.00. The van der Waals surface area contributed by atoms with Crippen molar-refractivity contribution >= 4 is 52.1 Å². The Kier molecular flexibility index (Phi) is 7.07. The molecule has 0 radical (unpaired) electrons. The lowest BCUT2D eigenvalue weighted by Crippen LogP contribution is -1.92. The van der Waals surface area contributed by atoms with Crippen LogP contribution in [0.5, 0.6) is 0 Å². The zero-order chi connectivity index (χ0) is 13.2. The summed E-state index contributed by atoms with van der Waals surface area (Å²) in [5.41, 5.74) is 3.08. The van der Waals surface area contributed by atoms with Crippen molar-refractivity contribution in [3.8, 4) is 0 Å². The van der Waals surface area contributed by atoms with Crippen LogP contribution in [0.15, 0.2) is 33.2 Å². The third-order valence-electron chi connectivity index (χ3n) is 2.09. The van der Waals surface area contributed by atoms with E-state index < -0.39 is 0 Å². The maximum Gasteiger partial charge on any atom is 0.0743 e. The van der Waals surface area contributed by atoms with Gasteiger partial charge in [0.25, 0.3) is 0 Å². The molecule has 0 amide bonds. The van der Waals surface area contributed by atoms with E-state index in [4.69, 9.17) is 0 Å². The van der Waals surface area contributed by atoms with Gasteiger partial charge in [-0.2, -0.15) is 0 Å². The van der Waals surface area contributed by atoms with Crippen molar-refractivity contribution in [3.63, 3.8) is 0 Å². The predicted octanol–water partition coefficient (Wildman–Crippen LogP) is 3.50. The minimum absolute atomic E-state index is 0.493. The largest absolute Gasteiger partial charge is 0.228 e. The van der Waals surface area contributed by atoms with Gasteiger partial charge in [0.1, 0.15) is 0 Å². The highest BCUT2D eigenvalue weighted by Crippen LogP contribution is 2.13. The van der Waals surface area contributed by atoms with Crippen molar-refractivity contribution in [3.05, 3.63) is 34.9 Å². The Morgan fingerprint density at radius 2 is 0.944 bits per heavy atom. The zero-order valence-electron chi connectivity index (χ0n) is 9.42. The molecule has 1 aromatic rings. The maximum absolute atomic E-state index is 4.56. The second kappa shape index (κ2) is 8.67. The molecular formula is C12H9N3S3. The third kappa shape index (κ3) is 5.30. The van der Waals surface area contributed by atoms with Crippen molar-refractivity contribution in [2.24, 2.45) is 15.0 Å². The first kappa shape index (κ1) is 14.7. The highest BCUT2D eigenvalue weighted by molar-refractivity contribution is 7.78. The Balaban J connectivity index is 3.04. The molecule has 0 unspecified atom stereocenters. The molecule has 1 aromatic carbocycles. The maximum atomic E-state index is 4.56. The second-order valence-electron chi connectivity index (χ2n) is 3.38. The molecule has 1 rings (SSSR count). The van der Waals surface area contributed by atoms with E-state index in [-0.39, 0.29) is 0 Å². The molecule has 0 aromatic heterocycles. The van der Waals surface area contributed by atoms with Gasteiger partial charge in [0.15, 0.2) is 0 Å². The predicted molar refractivity (Wildman–Crippen MR) is 82.6 cm³/mol. The Morgan fingerprint density at radius 1 is 0.667 bits per heavy atom. The van der Waals surface area contributed by atoms with Gasteiger partial charge in [0, 0.05) is 0 Å². The topological polar surface area (TPSA) is 37.1 Å². The van der Waals surface area contributed by atoms with Gasteiger partial charge in [-0.15, -0.1) is 0 Å². The molecule has 0 aliphatic rings. The monoisotopic (exact) mass is 291 g/mol. The molecule has 0 fully saturated rings. The van der Waals surface area contributed by atoms with Crippen molar-refractivity contribution in [2.75, 3.05) is 0 Å². The van der Waals surface area contributed by atoms with E-state index in [0.29, 0.717) is 19.6 Å². The fourth-order valence-corrected chi connectivity index (χ4v) is 1.68. The number of hydrogen-bond acceptors (Lipinski definition) is 6. The summed E-state index contributed by atoms with van der Waals surface area (Å²) >= 11 is 13.7. The molecule has 0 aliphatic carbocycles. The van der Waals surface area contributed by atoms with Gasteiger partial charge in [-0.25, -0.2) is 15.0 Å². The van der Waals surface area contributed by atoms with E-state index in [0.717, 1.165) is 16.7 Å². The lowest BCUT2D eigenvalue weighted by molar-refractivity contribution is 0.997. The summed E-state index contributed by atoms with van der Waals surface area (Å²) in [5, 5.41) is 7.03. The molecule has 0 heterocycles. The number of nitrogens with zero attached hydrogens (tertiary/aromatic N) is 3. The van der Waals surface area contributed by atoms with Gasteiger partial charge in [0.05, 0.1) is 35.1 Å². The smallest absolute Gasteiger partial charge is 0.0743 e. The molecule has 0 saturated carbocycles. The second-order valence-corrected chi connectivity index (χ2v) is 3.93. The van der Waals surface area contributed by atoms with Crippen LogP contribution in [0.4, 0.5) is 0 Å². The molecule has 3 nitrogen and oxygen atoms in total. The van der Waals surface area contributed by atoms with E-state index in [1.165, 1.54) is 0 Å². The molecule has 18 heavy (non-hydrogen) atoms. The lowest BCUT2D eigenvalue weighted by Gasteiger charge is -2.04. The van der Waals surface area contributed by atoms with Gasteiger partial charge < -0.3 is 0 Å². The molecule has 0 saturated heterocycles. The van der Waals surface area contributed by atoms with Gasteiger partial charge in [-0.1, -0.05) is 18.2 Å². The minimum Gasteiger partial charge on any atom is -0.228 e. The van der Waals surface area contributed by atoms with E-state index in [9.17, 15) is 0 Å². The summed E-state index contributed by atoms with van der Waals surface area (Å²) in [7, 11) is 0. The van der Waals surface area contributed by atoms with Crippen LogP contribution in [0.25, 0.3) is 0 Å². The van der Waals surface area contributed by atoms with Gasteiger partial charge in [0.2, 0.25) is 0 Å². The average molecular weight is 291 g/mol. The Bertz CT molecular complexity index is 471. The first-order valence-corrected chi connectivity index (χ1v) is 6.25. The van der Waals surface area contributed by atoms with Gasteiger partial charge in [-0.05, 0) is 53.3 Å². The van der Waals surface area contributed by atoms with E-state index >= 15 is 0 Å². The Morgan fingerprint density at radius 3 is 1.17 bits per heavy atom. The fourth-order valence-electron chi connectivity index (χ4n) is 1.48. The Labute approximate surface area is 121 Å². The van der Waals surface area contributed by atoms with Crippen molar-refractivity contribution < 1.29 is 0 Å². The van der Waals surface area contributed by atoms with Crippen LogP contribution in [-0.4, -0.2) is 15.5 Å². The quantitative estimate of drug-likeness (QED) is 0.594. The average Bonchev–Trinajstić information content (AvgIpc) is 2.40. The number of hydrogen-bond donors (Lipinski definition) is 0. The number of thiocarbonyl (C=S) groups is 3. The van der Waals surface area contributed by atoms with Crippen molar-refractivity contribution in [2.45, 2.75) is 19.6 Å². The van der Waals surface area contributed by atoms with Gasteiger partial charge >= 0.3 is 0 Å². The molecule has 0 N–H and O–H groups in total. The SMILES string of the molecule is S=C=NCc1cc(CN=C=S)cc(CN=C=S)c1. The zero-order valence-corrected chi connectivity index (χ0v) is 11.9. The molecular weight excluding hydrogens is 282 g/mol. The first-order chi connectivity index (χ1) is 8.80. The summed E-state index contributed by atoms with van der Waals surface area (Å²) in [4.78, 5) is 11.7. The van der Waals surface area contributed by atoms with Crippen molar-refractivity contribution in [1.82, 2.24) is 0 Å². The van der Waals surface area contributed by atoms with E-state index in [2.05, 4.69) is 67.1 Å². The summed E-state index contributed by atoms with van der Waals surface area (Å²) in [6, 6.07) is 5.99. The van der Waals surface area contributed by atoms with E-state index in [1.807, 2.05) is 18.2 Å². The van der Waals surface area contributed by atoms with Crippen LogP contribution in [0, 0.1) is 0 Å². The number of rotatable bonds is 6. The summed E-state index contributed by atoms with van der Waals surface area (Å²) in [6.45, 7) is 1.48. The third-order valence-corrected chi connectivity index (χ3v) is 2.48. The van der Waals surface area contributed by atoms with Crippen LogP contribution in [0.2, 0.25) is 0 Å². The Hall–Kier alpha value is -1.38. The van der Waals surface area contributed by atoms with Crippen LogP contribution >= 0.6 is 36.7 Å². The van der Waals surface area contributed by atoms with Crippen molar-refractivity contribution in [1.29, 1.82) is 0 Å². The molecule has 0 bridgehead atoms. The van der Waals surface area contributed by atoms with E-state index in [1.54, 1.807) is 0 Å². The molecule has 0 aliphatic heterocycles. The van der Waals surface area contributed by atoms with Crippen LogP contribution in [-0.2, 0) is 19.6 Å². The van der Waals surface area contributed by atoms with Crippen LogP contribution in [0.3, 0.4) is 0 Å². The summed E-state index contributed by atoms with van der Waals surface area (Å²) in [6.07, 6.45) is 0. The minimum atomic E-state index is 0.493. The summed E-state index contributed by atoms with van der Waals surface area (Å²) < 4.78 is 0. The number of aliphatic imine (C=N–C) groups is 3.